The van der Waals surface area contributed by atoms with E-state index in [1.807, 2.05) is 0 Å². The van der Waals surface area contributed by atoms with Gasteiger partial charge in [0.25, 0.3) is 0 Å². The van der Waals surface area contributed by atoms with Gasteiger partial charge in [-0.25, -0.2) is 0 Å². The van der Waals surface area contributed by atoms with Crippen molar-refractivity contribution in [2.45, 2.75) is 58.3 Å². The number of benzene rings is 1. The first-order valence-corrected chi connectivity index (χ1v) is 8.27. The molecule has 0 saturated heterocycles. The van der Waals surface area contributed by atoms with Crippen LogP contribution < -0.4 is 5.32 Å². The van der Waals surface area contributed by atoms with E-state index in [2.05, 4.69) is 48.3 Å². The molecule has 0 radical (unpaired) electrons. The molecule has 0 aliphatic heterocycles. The van der Waals surface area contributed by atoms with E-state index in [0.717, 1.165) is 32.3 Å². The third-order valence-corrected chi connectivity index (χ3v) is 4.35. The zero-order chi connectivity index (χ0) is 15.1. The lowest BCUT2D eigenvalue weighted by Gasteiger charge is -2.28. The van der Waals surface area contributed by atoms with E-state index in [1.165, 1.54) is 30.4 Å². The van der Waals surface area contributed by atoms with E-state index in [0.29, 0.717) is 6.04 Å². The maximum Gasteiger partial charge on any atom is 0.0589 e. The molecule has 1 aliphatic carbocycles. The van der Waals surface area contributed by atoms with E-state index >= 15 is 0 Å². The third-order valence-electron chi connectivity index (χ3n) is 4.35. The maximum atomic E-state index is 5.25. The fourth-order valence-electron chi connectivity index (χ4n) is 2.54. The number of nitrogens with zero attached hydrogens (tertiary/aromatic N) is 1. The Morgan fingerprint density at radius 3 is 2.76 bits per heavy atom. The van der Waals surface area contributed by atoms with Crippen molar-refractivity contribution in [1.82, 2.24) is 10.2 Å². The number of methoxy groups -OCH3 is 1. The van der Waals surface area contributed by atoms with Gasteiger partial charge in [-0.2, -0.15) is 0 Å². The predicted octanol–water partition coefficient (Wildman–Crippen LogP) is 3.19. The van der Waals surface area contributed by atoms with Crippen molar-refractivity contribution in [2.24, 2.45) is 0 Å². The molecule has 0 bridgehead atoms. The molecule has 0 aromatic heterocycles. The van der Waals surface area contributed by atoms with E-state index in [-0.39, 0.29) is 0 Å². The summed E-state index contributed by atoms with van der Waals surface area (Å²) in [6, 6.07) is 10.4. The van der Waals surface area contributed by atoms with Gasteiger partial charge >= 0.3 is 0 Å². The van der Waals surface area contributed by atoms with Crippen LogP contribution in [0.4, 0.5) is 0 Å². The first-order chi connectivity index (χ1) is 10.2. The highest BCUT2D eigenvalue weighted by Crippen LogP contribution is 2.19. The van der Waals surface area contributed by atoms with Gasteiger partial charge in [-0.05, 0) is 37.3 Å². The maximum absolute atomic E-state index is 5.25. The molecular weight excluding hydrogens is 260 g/mol. The average Bonchev–Trinajstić information content (AvgIpc) is 3.33. The van der Waals surface area contributed by atoms with Crippen molar-refractivity contribution >= 4 is 0 Å². The number of hydrogen-bond donors (Lipinski definition) is 1. The summed E-state index contributed by atoms with van der Waals surface area (Å²) in [7, 11) is 1.78. The number of ether oxygens (including phenoxy) is 1. The molecule has 0 amide bonds. The zero-order valence-electron chi connectivity index (χ0n) is 13.8. The Morgan fingerprint density at radius 1 is 1.33 bits per heavy atom. The molecule has 3 heteroatoms. The van der Waals surface area contributed by atoms with Crippen molar-refractivity contribution < 1.29 is 4.74 Å². The second-order valence-electron chi connectivity index (χ2n) is 6.20. The molecule has 1 aromatic rings. The minimum absolute atomic E-state index is 0.591. The Bertz CT molecular complexity index is 417. The topological polar surface area (TPSA) is 24.5 Å². The summed E-state index contributed by atoms with van der Waals surface area (Å²) in [4.78, 5) is 2.51. The first-order valence-electron chi connectivity index (χ1n) is 8.27. The van der Waals surface area contributed by atoms with Gasteiger partial charge in [0.05, 0.1) is 6.61 Å². The lowest BCUT2D eigenvalue weighted by Crippen LogP contribution is -2.34. The van der Waals surface area contributed by atoms with Crippen molar-refractivity contribution in [3.8, 4) is 0 Å². The highest BCUT2D eigenvalue weighted by molar-refractivity contribution is 5.23. The van der Waals surface area contributed by atoms with E-state index in [1.54, 1.807) is 7.11 Å². The van der Waals surface area contributed by atoms with Gasteiger partial charge < -0.3 is 10.1 Å². The van der Waals surface area contributed by atoms with Crippen molar-refractivity contribution in [3.05, 3.63) is 35.4 Å². The summed E-state index contributed by atoms with van der Waals surface area (Å²) in [6.07, 6.45) is 3.86. The fourth-order valence-corrected chi connectivity index (χ4v) is 2.54. The summed E-state index contributed by atoms with van der Waals surface area (Å²) in [5.74, 6) is 0. The van der Waals surface area contributed by atoms with Crippen LogP contribution in [0.1, 0.15) is 44.2 Å². The molecule has 1 unspecified atom stereocenters. The Hall–Kier alpha value is -0.900. The summed E-state index contributed by atoms with van der Waals surface area (Å²) in [5.41, 5.74) is 2.80. The third kappa shape index (κ3) is 5.77. The van der Waals surface area contributed by atoms with Crippen LogP contribution in [0.5, 0.6) is 0 Å². The van der Waals surface area contributed by atoms with Crippen molar-refractivity contribution in [3.63, 3.8) is 0 Å². The second-order valence-corrected chi connectivity index (χ2v) is 6.20. The minimum atomic E-state index is 0.591. The molecule has 0 heterocycles. The summed E-state index contributed by atoms with van der Waals surface area (Å²) in [6.45, 7) is 8.35. The number of nitrogens with one attached hydrogen (secondary N) is 1. The van der Waals surface area contributed by atoms with E-state index < -0.39 is 0 Å². The van der Waals surface area contributed by atoms with Gasteiger partial charge in [-0.1, -0.05) is 31.2 Å². The van der Waals surface area contributed by atoms with Gasteiger partial charge in [0.15, 0.2) is 0 Å². The van der Waals surface area contributed by atoms with Gasteiger partial charge in [0.2, 0.25) is 0 Å². The van der Waals surface area contributed by atoms with Crippen LogP contribution in [-0.4, -0.2) is 37.2 Å². The van der Waals surface area contributed by atoms with Crippen LogP contribution in [0.3, 0.4) is 0 Å². The van der Waals surface area contributed by atoms with Crippen molar-refractivity contribution in [1.29, 1.82) is 0 Å². The molecule has 118 valence electrons. The molecule has 3 nitrogen and oxygen atoms in total. The minimum Gasteiger partial charge on any atom is -0.383 e. The molecule has 1 atom stereocenters. The Kier molecular flexibility index (Phi) is 6.68. The molecule has 2 rings (SSSR count). The smallest absolute Gasteiger partial charge is 0.0589 e. The van der Waals surface area contributed by atoms with Crippen LogP contribution in [-0.2, 0) is 17.8 Å². The van der Waals surface area contributed by atoms with Gasteiger partial charge in [-0.15, -0.1) is 0 Å². The number of rotatable bonds is 10. The molecule has 1 N–H and O–H groups in total. The monoisotopic (exact) mass is 290 g/mol. The molecule has 21 heavy (non-hydrogen) atoms. The molecule has 1 fully saturated rings. The lowest BCUT2D eigenvalue weighted by atomic mass is 10.1. The van der Waals surface area contributed by atoms with Crippen LogP contribution in [0.15, 0.2) is 24.3 Å². The van der Waals surface area contributed by atoms with Crippen LogP contribution in [0, 0.1) is 0 Å². The Labute approximate surface area is 129 Å². The standard InChI is InChI=1S/C18H30N2O/c1-4-15(2)20(10-11-21-3)14-17-7-5-6-16(12-17)13-19-18-8-9-18/h5-7,12,15,18-19H,4,8-11,13-14H2,1-3H3. The molecule has 1 aliphatic rings. The van der Waals surface area contributed by atoms with Crippen LogP contribution in [0.2, 0.25) is 0 Å². The normalized spacial score (nSPS) is 16.4. The van der Waals surface area contributed by atoms with Crippen LogP contribution >= 0.6 is 0 Å². The van der Waals surface area contributed by atoms with Gasteiger partial charge in [0.1, 0.15) is 0 Å². The summed E-state index contributed by atoms with van der Waals surface area (Å²) < 4.78 is 5.25. The van der Waals surface area contributed by atoms with Crippen molar-refractivity contribution in [2.75, 3.05) is 20.3 Å². The fraction of sp³-hybridized carbons (Fsp3) is 0.667. The molecule has 0 spiro atoms. The lowest BCUT2D eigenvalue weighted by molar-refractivity contribution is 0.118. The van der Waals surface area contributed by atoms with Gasteiger partial charge in [-0.3, -0.25) is 4.90 Å². The first kappa shape index (κ1) is 16.5. The molecule has 1 saturated carbocycles. The molecular formula is C18H30N2O. The number of hydrogen-bond acceptors (Lipinski definition) is 3. The van der Waals surface area contributed by atoms with Crippen LogP contribution in [0.25, 0.3) is 0 Å². The largest absolute Gasteiger partial charge is 0.383 e. The van der Waals surface area contributed by atoms with E-state index in [4.69, 9.17) is 4.74 Å². The second kappa shape index (κ2) is 8.52. The highest BCUT2D eigenvalue weighted by Gasteiger charge is 2.20. The average molecular weight is 290 g/mol. The Morgan fingerprint density at radius 2 is 2.10 bits per heavy atom. The van der Waals surface area contributed by atoms with Gasteiger partial charge in [0, 0.05) is 38.8 Å². The summed E-state index contributed by atoms with van der Waals surface area (Å²) in [5, 5.41) is 3.59. The quantitative estimate of drug-likeness (QED) is 0.716. The predicted molar refractivity (Wildman–Crippen MR) is 88.3 cm³/mol. The van der Waals surface area contributed by atoms with E-state index in [9.17, 15) is 0 Å². The zero-order valence-corrected chi connectivity index (χ0v) is 13.8. The Balaban J connectivity index is 1.92. The highest BCUT2D eigenvalue weighted by atomic mass is 16.5. The SMILES string of the molecule is CCC(C)N(CCOC)Cc1cccc(CNC2CC2)c1. The molecule has 1 aromatic carbocycles. The summed E-state index contributed by atoms with van der Waals surface area (Å²) >= 11 is 0.